The van der Waals surface area contributed by atoms with Gasteiger partial charge in [0.25, 0.3) is 0 Å². The molecule has 0 radical (unpaired) electrons. The number of ketones is 1. The molecule has 0 fully saturated rings. The maximum Gasteiger partial charge on any atom is 0.471 e. The van der Waals surface area contributed by atoms with E-state index in [9.17, 15) is 27.2 Å². The standard InChI is InChI=1S/C14H15F4NO2/c1-13(2,3)11(19-12(21)14(16,17)18)10(20)8-4-6-9(15)7-5-8/h4-7,11H,1-3H3,(H,19,21)/t11-/m1/s1. The fourth-order valence-corrected chi connectivity index (χ4v) is 1.67. The summed E-state index contributed by atoms with van der Waals surface area (Å²) < 4.78 is 49.9. The summed E-state index contributed by atoms with van der Waals surface area (Å²) in [6, 6.07) is 3.00. The molecule has 0 saturated carbocycles. The second-order valence-corrected chi connectivity index (χ2v) is 5.64. The highest BCUT2D eigenvalue weighted by molar-refractivity contribution is 6.02. The average molecular weight is 305 g/mol. The minimum atomic E-state index is -5.08. The van der Waals surface area contributed by atoms with Gasteiger partial charge in [-0.1, -0.05) is 20.8 Å². The van der Waals surface area contributed by atoms with E-state index in [0.29, 0.717) is 0 Å². The van der Waals surface area contributed by atoms with Gasteiger partial charge in [-0.15, -0.1) is 0 Å². The minimum Gasteiger partial charge on any atom is -0.338 e. The maximum atomic E-state index is 12.8. The highest BCUT2D eigenvalue weighted by Gasteiger charge is 2.43. The average Bonchev–Trinajstić information content (AvgIpc) is 2.33. The van der Waals surface area contributed by atoms with Crippen LogP contribution >= 0.6 is 0 Å². The third-order valence-corrected chi connectivity index (χ3v) is 2.79. The van der Waals surface area contributed by atoms with E-state index in [1.807, 2.05) is 0 Å². The monoisotopic (exact) mass is 305 g/mol. The number of amides is 1. The summed E-state index contributed by atoms with van der Waals surface area (Å²) in [5, 5.41) is 1.70. The van der Waals surface area contributed by atoms with Gasteiger partial charge >= 0.3 is 12.1 Å². The molecule has 0 bridgehead atoms. The molecule has 0 aliphatic rings. The summed E-state index contributed by atoms with van der Waals surface area (Å²) in [5.74, 6) is -3.46. The lowest BCUT2D eigenvalue weighted by atomic mass is 9.82. The van der Waals surface area contributed by atoms with Gasteiger partial charge in [0.2, 0.25) is 0 Å². The fraction of sp³-hybridized carbons (Fsp3) is 0.429. The molecular formula is C14H15F4NO2. The first-order chi connectivity index (χ1) is 9.43. The molecule has 0 unspecified atom stereocenters. The molecule has 1 aromatic rings. The summed E-state index contributed by atoms with van der Waals surface area (Å²) in [7, 11) is 0. The van der Waals surface area contributed by atoms with Gasteiger partial charge in [0.05, 0.1) is 6.04 Å². The summed E-state index contributed by atoms with van der Waals surface area (Å²) in [6.45, 7) is 4.57. The first kappa shape index (κ1) is 17.1. The number of rotatable bonds is 3. The molecule has 0 aliphatic heterocycles. The van der Waals surface area contributed by atoms with E-state index in [1.54, 1.807) is 5.32 Å². The van der Waals surface area contributed by atoms with E-state index in [1.165, 1.54) is 20.8 Å². The molecule has 1 rings (SSSR count). The number of alkyl halides is 3. The van der Waals surface area contributed by atoms with Crippen molar-refractivity contribution < 1.29 is 27.2 Å². The van der Waals surface area contributed by atoms with Crippen molar-refractivity contribution in [3.63, 3.8) is 0 Å². The number of benzene rings is 1. The van der Waals surface area contributed by atoms with Crippen LogP contribution in [0.2, 0.25) is 0 Å². The quantitative estimate of drug-likeness (QED) is 0.689. The van der Waals surface area contributed by atoms with Crippen LogP contribution in [0.1, 0.15) is 31.1 Å². The predicted molar refractivity (Wildman–Crippen MR) is 68.2 cm³/mol. The van der Waals surface area contributed by atoms with Gasteiger partial charge in [0.15, 0.2) is 5.78 Å². The summed E-state index contributed by atoms with van der Waals surface area (Å²) >= 11 is 0. The molecule has 1 aromatic carbocycles. The van der Waals surface area contributed by atoms with E-state index in [2.05, 4.69) is 0 Å². The SMILES string of the molecule is CC(C)(C)[C@H](NC(=O)C(F)(F)F)C(=O)c1ccc(F)cc1. The Morgan fingerprint density at radius 1 is 1.05 bits per heavy atom. The van der Waals surface area contributed by atoms with Crippen molar-refractivity contribution in [3.8, 4) is 0 Å². The van der Waals surface area contributed by atoms with Crippen LogP contribution < -0.4 is 5.32 Å². The van der Waals surface area contributed by atoms with Crippen LogP contribution in [0.4, 0.5) is 17.6 Å². The van der Waals surface area contributed by atoms with Crippen LogP contribution in [0.3, 0.4) is 0 Å². The Balaban J connectivity index is 3.06. The van der Waals surface area contributed by atoms with Crippen molar-refractivity contribution >= 4 is 11.7 Å². The topological polar surface area (TPSA) is 46.2 Å². The molecule has 21 heavy (non-hydrogen) atoms. The molecule has 0 aliphatic carbocycles. The predicted octanol–water partition coefficient (Wildman–Crippen LogP) is 3.10. The molecule has 1 amide bonds. The Bertz CT molecular complexity index is 529. The van der Waals surface area contributed by atoms with Gasteiger partial charge in [-0.05, 0) is 29.7 Å². The second-order valence-electron chi connectivity index (χ2n) is 5.64. The van der Waals surface area contributed by atoms with Crippen LogP contribution in [0.5, 0.6) is 0 Å². The van der Waals surface area contributed by atoms with Gasteiger partial charge < -0.3 is 5.32 Å². The first-order valence-electron chi connectivity index (χ1n) is 6.10. The lowest BCUT2D eigenvalue weighted by Crippen LogP contribution is -2.52. The van der Waals surface area contributed by atoms with Crippen molar-refractivity contribution in [3.05, 3.63) is 35.6 Å². The lowest BCUT2D eigenvalue weighted by molar-refractivity contribution is -0.174. The van der Waals surface area contributed by atoms with E-state index in [-0.39, 0.29) is 5.56 Å². The molecule has 1 N–H and O–H groups in total. The molecule has 116 valence electrons. The van der Waals surface area contributed by atoms with E-state index >= 15 is 0 Å². The second kappa shape index (κ2) is 5.83. The largest absolute Gasteiger partial charge is 0.471 e. The molecule has 0 spiro atoms. The molecular weight excluding hydrogens is 290 g/mol. The van der Waals surface area contributed by atoms with Gasteiger partial charge in [-0.3, -0.25) is 9.59 Å². The third-order valence-electron chi connectivity index (χ3n) is 2.79. The fourth-order valence-electron chi connectivity index (χ4n) is 1.67. The first-order valence-corrected chi connectivity index (χ1v) is 6.10. The number of hydrogen-bond donors (Lipinski definition) is 1. The molecule has 0 heterocycles. The lowest BCUT2D eigenvalue weighted by Gasteiger charge is -2.30. The van der Waals surface area contributed by atoms with Crippen molar-refractivity contribution in [2.45, 2.75) is 33.0 Å². The van der Waals surface area contributed by atoms with Crippen molar-refractivity contribution in [2.24, 2.45) is 5.41 Å². The zero-order valence-corrected chi connectivity index (χ0v) is 11.7. The number of halogens is 4. The van der Waals surface area contributed by atoms with Crippen molar-refractivity contribution in [1.29, 1.82) is 0 Å². The number of carbonyl (C=O) groups excluding carboxylic acids is 2. The van der Waals surface area contributed by atoms with Crippen LogP contribution in [-0.4, -0.2) is 23.9 Å². The summed E-state index contributed by atoms with van der Waals surface area (Å²) in [6.07, 6.45) is -5.08. The molecule has 3 nitrogen and oxygen atoms in total. The molecule has 1 atom stereocenters. The number of hydrogen-bond acceptors (Lipinski definition) is 2. The molecule has 0 saturated heterocycles. The van der Waals surface area contributed by atoms with E-state index < -0.39 is 35.1 Å². The molecule has 0 aromatic heterocycles. The van der Waals surface area contributed by atoms with Crippen molar-refractivity contribution in [1.82, 2.24) is 5.32 Å². The Labute approximate surface area is 119 Å². The maximum absolute atomic E-state index is 12.8. The Hall–Kier alpha value is -1.92. The Morgan fingerprint density at radius 3 is 1.90 bits per heavy atom. The van der Waals surface area contributed by atoms with Gasteiger partial charge in [-0.25, -0.2) is 4.39 Å². The van der Waals surface area contributed by atoms with E-state index in [0.717, 1.165) is 24.3 Å². The van der Waals surface area contributed by atoms with Gasteiger partial charge in [0, 0.05) is 5.56 Å². The number of Topliss-reactive ketones (excluding diaryl/α,β-unsaturated/α-hetero) is 1. The number of carbonyl (C=O) groups is 2. The smallest absolute Gasteiger partial charge is 0.338 e. The van der Waals surface area contributed by atoms with E-state index in [4.69, 9.17) is 0 Å². The van der Waals surface area contributed by atoms with Crippen LogP contribution in [0, 0.1) is 11.2 Å². The summed E-state index contributed by atoms with van der Waals surface area (Å²) in [5.41, 5.74) is -0.911. The van der Waals surface area contributed by atoms with Crippen LogP contribution in [0.25, 0.3) is 0 Å². The molecule has 7 heteroatoms. The zero-order chi connectivity index (χ0) is 16.4. The van der Waals surface area contributed by atoms with Crippen LogP contribution in [0.15, 0.2) is 24.3 Å². The van der Waals surface area contributed by atoms with Gasteiger partial charge in [0.1, 0.15) is 5.82 Å². The Kier molecular flexibility index (Phi) is 4.76. The van der Waals surface area contributed by atoms with Crippen LogP contribution in [-0.2, 0) is 4.79 Å². The van der Waals surface area contributed by atoms with Crippen molar-refractivity contribution in [2.75, 3.05) is 0 Å². The number of nitrogens with one attached hydrogen (secondary N) is 1. The highest BCUT2D eigenvalue weighted by Crippen LogP contribution is 2.25. The minimum absolute atomic E-state index is 0.0267. The highest BCUT2D eigenvalue weighted by atomic mass is 19.4. The van der Waals surface area contributed by atoms with Gasteiger partial charge in [-0.2, -0.15) is 13.2 Å². The summed E-state index contributed by atoms with van der Waals surface area (Å²) in [4.78, 5) is 23.3. The third kappa shape index (κ3) is 4.54. The zero-order valence-electron chi connectivity index (χ0n) is 11.7. The normalized spacial score (nSPS) is 13.7. The Morgan fingerprint density at radius 2 is 1.52 bits per heavy atom.